The molecule has 0 rings (SSSR count). The number of carbonyl (C=O) groups is 1. The summed E-state index contributed by atoms with van der Waals surface area (Å²) in [5, 5.41) is 0. The van der Waals surface area contributed by atoms with Crippen LogP contribution in [0, 0.1) is 5.41 Å². The van der Waals surface area contributed by atoms with Gasteiger partial charge in [0.25, 0.3) is 0 Å². The molecule has 0 heterocycles. The van der Waals surface area contributed by atoms with Crippen molar-refractivity contribution in [3.63, 3.8) is 0 Å². The van der Waals surface area contributed by atoms with Crippen LogP contribution in [0.15, 0.2) is 38.0 Å². The maximum atomic E-state index is 11.9. The molecule has 0 aliphatic heterocycles. The van der Waals surface area contributed by atoms with Crippen LogP contribution in [0.1, 0.15) is 26.2 Å². The summed E-state index contributed by atoms with van der Waals surface area (Å²) in [6.45, 7) is 13.2. The van der Waals surface area contributed by atoms with E-state index in [9.17, 15) is 4.79 Å². The fraction of sp³-hybridized carbons (Fsp3) is 0.462. The Kier molecular flexibility index (Phi) is 6.43. The summed E-state index contributed by atoms with van der Waals surface area (Å²) < 4.78 is 5.08. The number of esters is 1. The van der Waals surface area contributed by atoms with Crippen LogP contribution >= 0.6 is 0 Å². The van der Waals surface area contributed by atoms with Crippen LogP contribution < -0.4 is 0 Å². The summed E-state index contributed by atoms with van der Waals surface area (Å²) in [4.78, 5) is 11.9. The van der Waals surface area contributed by atoms with Crippen LogP contribution in [0.5, 0.6) is 0 Å². The monoisotopic (exact) mass is 208 g/mol. The zero-order valence-corrected chi connectivity index (χ0v) is 9.50. The lowest BCUT2D eigenvalue weighted by atomic mass is 9.78. The Hall–Kier alpha value is -1.31. The Morgan fingerprint density at radius 1 is 1.13 bits per heavy atom. The molecule has 0 amide bonds. The van der Waals surface area contributed by atoms with Crippen molar-refractivity contribution in [1.29, 1.82) is 0 Å². The van der Waals surface area contributed by atoms with Crippen LogP contribution in [-0.4, -0.2) is 12.6 Å². The molecule has 15 heavy (non-hydrogen) atoms. The first-order chi connectivity index (χ1) is 7.16. The van der Waals surface area contributed by atoms with Gasteiger partial charge in [0, 0.05) is 0 Å². The van der Waals surface area contributed by atoms with Gasteiger partial charge in [-0.15, -0.1) is 19.7 Å². The van der Waals surface area contributed by atoms with E-state index in [1.807, 2.05) is 0 Å². The Balaban J connectivity index is 4.88. The van der Waals surface area contributed by atoms with Gasteiger partial charge in [-0.05, 0) is 26.2 Å². The molecule has 0 saturated carbocycles. The first-order valence-electron chi connectivity index (χ1n) is 5.16. The number of carbonyl (C=O) groups excluding carboxylic acids is 1. The number of hydrogen-bond acceptors (Lipinski definition) is 2. The number of rotatable bonds is 8. The van der Waals surface area contributed by atoms with Crippen molar-refractivity contribution in [2.24, 2.45) is 5.41 Å². The molecule has 0 saturated heterocycles. The molecule has 0 aromatic heterocycles. The molecule has 2 heteroatoms. The molecule has 0 aliphatic carbocycles. The highest BCUT2D eigenvalue weighted by atomic mass is 16.5. The Morgan fingerprint density at radius 2 is 1.53 bits per heavy atom. The zero-order valence-electron chi connectivity index (χ0n) is 9.50. The Bertz CT molecular complexity index is 214. The van der Waals surface area contributed by atoms with Crippen molar-refractivity contribution in [1.82, 2.24) is 0 Å². The largest absolute Gasteiger partial charge is 0.466 e. The van der Waals surface area contributed by atoms with Gasteiger partial charge in [0.2, 0.25) is 0 Å². The van der Waals surface area contributed by atoms with Crippen LogP contribution in [0.25, 0.3) is 0 Å². The number of ether oxygens (including phenoxy) is 1. The molecule has 0 aromatic carbocycles. The molecule has 0 aromatic rings. The fourth-order valence-electron chi connectivity index (χ4n) is 1.61. The molecule has 0 fully saturated rings. The molecule has 2 nitrogen and oxygen atoms in total. The second-order valence-corrected chi connectivity index (χ2v) is 3.48. The molecule has 0 spiro atoms. The summed E-state index contributed by atoms with van der Waals surface area (Å²) >= 11 is 0. The summed E-state index contributed by atoms with van der Waals surface area (Å²) in [6, 6.07) is 0. The maximum absolute atomic E-state index is 11.9. The summed E-state index contributed by atoms with van der Waals surface area (Å²) in [7, 11) is 0. The SMILES string of the molecule is C=CCC(CC=C)(CC=C)C(=O)OCC. The normalized spacial score (nSPS) is 10.5. The second-order valence-electron chi connectivity index (χ2n) is 3.48. The van der Waals surface area contributed by atoms with E-state index >= 15 is 0 Å². The van der Waals surface area contributed by atoms with Gasteiger partial charge in [-0.2, -0.15) is 0 Å². The third kappa shape index (κ3) is 3.74. The molecule has 0 aliphatic rings. The lowest BCUT2D eigenvalue weighted by molar-refractivity contribution is -0.155. The Labute approximate surface area is 92.3 Å². The second kappa shape index (κ2) is 7.04. The van der Waals surface area contributed by atoms with Crippen molar-refractivity contribution < 1.29 is 9.53 Å². The first-order valence-corrected chi connectivity index (χ1v) is 5.16. The third-order valence-electron chi connectivity index (χ3n) is 2.31. The van der Waals surface area contributed by atoms with Gasteiger partial charge in [-0.25, -0.2) is 0 Å². The van der Waals surface area contributed by atoms with Crippen LogP contribution in [-0.2, 0) is 9.53 Å². The average Bonchev–Trinajstić information content (AvgIpc) is 2.19. The van der Waals surface area contributed by atoms with Gasteiger partial charge >= 0.3 is 5.97 Å². The van der Waals surface area contributed by atoms with E-state index in [-0.39, 0.29) is 5.97 Å². The molecule has 0 atom stereocenters. The van der Waals surface area contributed by atoms with E-state index in [0.29, 0.717) is 25.9 Å². The summed E-state index contributed by atoms with van der Waals surface area (Å²) in [5.41, 5.74) is -0.554. The highest BCUT2D eigenvalue weighted by Gasteiger charge is 2.36. The first kappa shape index (κ1) is 13.7. The highest BCUT2D eigenvalue weighted by Crippen LogP contribution is 2.33. The van der Waals surface area contributed by atoms with Crippen LogP contribution in [0.3, 0.4) is 0 Å². The number of hydrogen-bond donors (Lipinski definition) is 0. The quantitative estimate of drug-likeness (QED) is 0.452. The van der Waals surface area contributed by atoms with Crippen molar-refractivity contribution in [3.8, 4) is 0 Å². The molecule has 0 radical (unpaired) electrons. The highest BCUT2D eigenvalue weighted by molar-refractivity contribution is 5.77. The summed E-state index contributed by atoms with van der Waals surface area (Å²) in [5.74, 6) is -0.190. The summed E-state index contributed by atoms with van der Waals surface area (Å²) in [6.07, 6.45) is 6.98. The molecule has 0 N–H and O–H groups in total. The standard InChI is InChI=1S/C13H20O2/c1-5-9-13(10-6-2,11-7-3)12(14)15-8-4/h5-7H,1-3,8-11H2,4H3. The van der Waals surface area contributed by atoms with Gasteiger partial charge < -0.3 is 4.74 Å². The molecular formula is C13H20O2. The van der Waals surface area contributed by atoms with Gasteiger partial charge in [-0.3, -0.25) is 4.79 Å². The topological polar surface area (TPSA) is 26.3 Å². The fourth-order valence-corrected chi connectivity index (χ4v) is 1.61. The third-order valence-corrected chi connectivity index (χ3v) is 2.31. The maximum Gasteiger partial charge on any atom is 0.313 e. The van der Waals surface area contributed by atoms with Crippen LogP contribution in [0.2, 0.25) is 0 Å². The minimum atomic E-state index is -0.554. The van der Waals surface area contributed by atoms with Crippen molar-refractivity contribution in [3.05, 3.63) is 38.0 Å². The van der Waals surface area contributed by atoms with Crippen molar-refractivity contribution in [2.75, 3.05) is 6.61 Å². The molecule has 0 unspecified atom stereocenters. The predicted octanol–water partition coefficient (Wildman–Crippen LogP) is 3.26. The smallest absolute Gasteiger partial charge is 0.313 e. The Morgan fingerprint density at radius 3 is 1.80 bits per heavy atom. The lowest BCUT2D eigenvalue weighted by Gasteiger charge is -2.28. The predicted molar refractivity (Wildman–Crippen MR) is 63.5 cm³/mol. The number of allylic oxidation sites excluding steroid dienone is 3. The zero-order chi connectivity index (χ0) is 11.7. The minimum Gasteiger partial charge on any atom is -0.466 e. The van der Waals surface area contributed by atoms with E-state index in [2.05, 4.69) is 19.7 Å². The van der Waals surface area contributed by atoms with E-state index < -0.39 is 5.41 Å². The average molecular weight is 208 g/mol. The van der Waals surface area contributed by atoms with E-state index in [1.165, 1.54) is 0 Å². The molecule has 0 bridgehead atoms. The van der Waals surface area contributed by atoms with Gasteiger partial charge in [0.1, 0.15) is 0 Å². The van der Waals surface area contributed by atoms with Gasteiger partial charge in [-0.1, -0.05) is 18.2 Å². The lowest BCUT2D eigenvalue weighted by Crippen LogP contribution is -2.31. The van der Waals surface area contributed by atoms with E-state index in [1.54, 1.807) is 25.2 Å². The van der Waals surface area contributed by atoms with Gasteiger partial charge in [0.15, 0.2) is 0 Å². The minimum absolute atomic E-state index is 0.190. The van der Waals surface area contributed by atoms with Crippen LogP contribution in [0.4, 0.5) is 0 Å². The molecule has 84 valence electrons. The van der Waals surface area contributed by atoms with Crippen molar-refractivity contribution in [2.45, 2.75) is 26.2 Å². The van der Waals surface area contributed by atoms with Gasteiger partial charge in [0.05, 0.1) is 12.0 Å². The van der Waals surface area contributed by atoms with E-state index in [0.717, 1.165) is 0 Å². The van der Waals surface area contributed by atoms with Crippen molar-refractivity contribution >= 4 is 5.97 Å². The van der Waals surface area contributed by atoms with E-state index in [4.69, 9.17) is 4.74 Å². The molecular weight excluding hydrogens is 188 g/mol.